The minimum Gasteiger partial charge on any atom is -0.274 e. The molecule has 1 unspecified atom stereocenters. The van der Waals surface area contributed by atoms with Crippen molar-refractivity contribution in [3.8, 4) is 0 Å². The Morgan fingerprint density at radius 2 is 1.58 bits per heavy atom. The minimum atomic E-state index is -4.21. The largest absolute Gasteiger partial charge is 0.274 e. The third kappa shape index (κ3) is 5.10. The molecule has 0 aromatic heterocycles. The maximum absolute atomic E-state index is 13.9. The first-order chi connectivity index (χ1) is 15.7. The number of imide groups is 1. The molecule has 2 amide bonds. The van der Waals surface area contributed by atoms with Gasteiger partial charge in [-0.3, -0.25) is 9.59 Å². The molecule has 6 nitrogen and oxygen atoms in total. The molecule has 33 heavy (non-hydrogen) atoms. The summed E-state index contributed by atoms with van der Waals surface area (Å²) in [6.45, 7) is 0. The number of hydrogen-bond acceptors (Lipinski definition) is 4. The summed E-state index contributed by atoms with van der Waals surface area (Å²) in [4.78, 5) is 27.4. The second kappa shape index (κ2) is 10.2. The average molecular weight is 621 g/mol. The van der Waals surface area contributed by atoms with E-state index in [0.29, 0.717) is 18.5 Å². The zero-order chi connectivity index (χ0) is 23.8. The molecule has 1 saturated carbocycles. The standard InChI is InChI=1S/C23H23Cl2IN2O4S/c24-15-7-12-19(25)21(13-15)33(31,32)28(18-5-3-1-2-4-6-18)20-14-22(29)27(23(20)30)17-10-8-16(26)9-11-17/h7-13,18,20H,1-6,14H2. The van der Waals surface area contributed by atoms with Gasteiger partial charge in [0.15, 0.2) is 0 Å². The third-order valence-corrected chi connectivity index (χ3v) is 9.55. The van der Waals surface area contributed by atoms with Crippen LogP contribution in [0.15, 0.2) is 47.4 Å². The van der Waals surface area contributed by atoms with Crippen LogP contribution in [0.4, 0.5) is 5.69 Å². The van der Waals surface area contributed by atoms with Crippen molar-refractivity contribution in [2.24, 2.45) is 0 Å². The number of hydrogen-bond donors (Lipinski definition) is 0. The van der Waals surface area contributed by atoms with E-state index < -0.39 is 33.9 Å². The fourth-order valence-electron chi connectivity index (χ4n) is 4.60. The Hall–Kier alpha value is -1.20. The molecule has 1 heterocycles. The van der Waals surface area contributed by atoms with Gasteiger partial charge in [-0.25, -0.2) is 13.3 Å². The molecule has 2 aliphatic rings. The van der Waals surface area contributed by atoms with Crippen LogP contribution in [0.5, 0.6) is 0 Å². The molecule has 1 saturated heterocycles. The summed E-state index contributed by atoms with van der Waals surface area (Å²) in [5, 5.41) is 0.261. The maximum Gasteiger partial charge on any atom is 0.252 e. The summed E-state index contributed by atoms with van der Waals surface area (Å²) in [7, 11) is -4.21. The molecule has 2 aromatic rings. The van der Waals surface area contributed by atoms with Gasteiger partial charge in [-0.1, -0.05) is 48.9 Å². The van der Waals surface area contributed by atoms with Crippen LogP contribution in [0.3, 0.4) is 0 Å². The zero-order valence-corrected chi connectivity index (χ0v) is 22.2. The first-order valence-electron chi connectivity index (χ1n) is 10.8. The van der Waals surface area contributed by atoms with Gasteiger partial charge < -0.3 is 0 Å². The predicted octanol–water partition coefficient (Wildman–Crippen LogP) is 5.64. The molecular formula is C23H23Cl2IN2O4S. The summed E-state index contributed by atoms with van der Waals surface area (Å²) < 4.78 is 30.1. The molecule has 2 aromatic carbocycles. The quantitative estimate of drug-likeness (QED) is 0.246. The van der Waals surface area contributed by atoms with Gasteiger partial charge in [0.25, 0.3) is 5.91 Å². The number of carbonyl (C=O) groups excluding carboxylic acids is 2. The zero-order valence-electron chi connectivity index (χ0n) is 17.7. The number of anilines is 1. The summed E-state index contributed by atoms with van der Waals surface area (Å²) in [6, 6.07) is 9.72. The normalized spacial score (nSPS) is 20.5. The van der Waals surface area contributed by atoms with Crippen molar-refractivity contribution in [2.75, 3.05) is 4.90 Å². The maximum atomic E-state index is 13.9. The number of benzene rings is 2. The number of nitrogens with zero attached hydrogens (tertiary/aromatic N) is 2. The van der Waals surface area contributed by atoms with Crippen molar-refractivity contribution in [3.05, 3.63) is 56.1 Å². The van der Waals surface area contributed by atoms with Crippen molar-refractivity contribution >= 4 is 73.3 Å². The predicted molar refractivity (Wildman–Crippen MR) is 137 cm³/mol. The number of rotatable bonds is 5. The summed E-state index contributed by atoms with van der Waals surface area (Å²) in [5.74, 6) is -0.954. The van der Waals surface area contributed by atoms with Crippen molar-refractivity contribution in [2.45, 2.75) is 61.9 Å². The third-order valence-electron chi connectivity index (χ3n) is 6.15. The molecule has 0 bridgehead atoms. The molecule has 0 spiro atoms. The minimum absolute atomic E-state index is 0.0317. The molecule has 1 atom stereocenters. The monoisotopic (exact) mass is 620 g/mol. The average Bonchev–Trinajstić information content (AvgIpc) is 2.94. The smallest absolute Gasteiger partial charge is 0.252 e. The van der Waals surface area contributed by atoms with Crippen LogP contribution in [-0.2, 0) is 19.6 Å². The van der Waals surface area contributed by atoms with E-state index in [9.17, 15) is 18.0 Å². The van der Waals surface area contributed by atoms with Crippen LogP contribution >= 0.6 is 45.8 Å². The molecule has 2 fully saturated rings. The van der Waals surface area contributed by atoms with Gasteiger partial charge in [0, 0.05) is 14.6 Å². The first-order valence-corrected chi connectivity index (χ1v) is 14.1. The Bertz CT molecular complexity index is 1170. The molecule has 1 aliphatic heterocycles. The number of sulfonamides is 1. The highest BCUT2D eigenvalue weighted by Crippen LogP contribution is 2.37. The van der Waals surface area contributed by atoms with E-state index in [1.54, 1.807) is 24.3 Å². The fraction of sp³-hybridized carbons (Fsp3) is 0.391. The van der Waals surface area contributed by atoms with Crippen LogP contribution in [0.1, 0.15) is 44.9 Å². The van der Waals surface area contributed by atoms with E-state index in [4.69, 9.17) is 23.2 Å². The number of amides is 2. The van der Waals surface area contributed by atoms with Gasteiger partial charge in [0.1, 0.15) is 10.9 Å². The van der Waals surface area contributed by atoms with Crippen LogP contribution < -0.4 is 4.90 Å². The SMILES string of the molecule is O=C1CC(N(C2CCCCCC2)S(=O)(=O)c2cc(Cl)ccc2Cl)C(=O)N1c1ccc(I)cc1. The Morgan fingerprint density at radius 1 is 0.939 bits per heavy atom. The summed E-state index contributed by atoms with van der Waals surface area (Å²) in [6.07, 6.45) is 4.77. The number of halogens is 3. The second-order valence-electron chi connectivity index (χ2n) is 8.32. The highest BCUT2D eigenvalue weighted by atomic mass is 127. The molecule has 10 heteroatoms. The lowest BCUT2D eigenvalue weighted by Gasteiger charge is -2.34. The Morgan fingerprint density at radius 3 is 2.21 bits per heavy atom. The Balaban J connectivity index is 1.78. The Kier molecular flexibility index (Phi) is 7.69. The lowest BCUT2D eigenvalue weighted by molar-refractivity contribution is -0.122. The highest BCUT2D eigenvalue weighted by Gasteiger charge is 2.49. The number of carbonyl (C=O) groups is 2. The van der Waals surface area contributed by atoms with Crippen molar-refractivity contribution < 1.29 is 18.0 Å². The van der Waals surface area contributed by atoms with E-state index in [1.807, 2.05) is 0 Å². The van der Waals surface area contributed by atoms with E-state index >= 15 is 0 Å². The van der Waals surface area contributed by atoms with E-state index in [-0.39, 0.29) is 21.4 Å². The molecule has 4 rings (SSSR count). The summed E-state index contributed by atoms with van der Waals surface area (Å²) in [5.41, 5.74) is 0.437. The molecule has 0 radical (unpaired) electrons. The van der Waals surface area contributed by atoms with Gasteiger partial charge >= 0.3 is 0 Å². The second-order valence-corrected chi connectivity index (χ2v) is 12.2. The lowest BCUT2D eigenvalue weighted by atomic mass is 10.1. The highest BCUT2D eigenvalue weighted by molar-refractivity contribution is 14.1. The van der Waals surface area contributed by atoms with Crippen molar-refractivity contribution in [3.63, 3.8) is 0 Å². The van der Waals surface area contributed by atoms with Crippen molar-refractivity contribution in [1.29, 1.82) is 0 Å². The van der Waals surface area contributed by atoms with E-state index in [0.717, 1.165) is 34.2 Å². The van der Waals surface area contributed by atoms with Gasteiger partial charge in [0.2, 0.25) is 15.9 Å². The molecule has 1 aliphatic carbocycles. The van der Waals surface area contributed by atoms with Crippen molar-refractivity contribution in [1.82, 2.24) is 4.31 Å². The van der Waals surface area contributed by atoms with Crippen LogP contribution in [0, 0.1) is 3.57 Å². The van der Waals surface area contributed by atoms with Gasteiger partial charge in [-0.05, 0) is 77.9 Å². The topological polar surface area (TPSA) is 74.8 Å². The molecule has 0 N–H and O–H groups in total. The van der Waals surface area contributed by atoms with E-state index in [2.05, 4.69) is 22.6 Å². The van der Waals surface area contributed by atoms with Crippen LogP contribution in [0.2, 0.25) is 10.0 Å². The van der Waals surface area contributed by atoms with Gasteiger partial charge in [0.05, 0.1) is 17.1 Å². The summed E-state index contributed by atoms with van der Waals surface area (Å²) >= 11 is 14.5. The first kappa shape index (κ1) is 24.9. The molecular weight excluding hydrogens is 598 g/mol. The van der Waals surface area contributed by atoms with E-state index in [1.165, 1.54) is 22.5 Å². The van der Waals surface area contributed by atoms with Gasteiger partial charge in [-0.15, -0.1) is 0 Å². The fourth-order valence-corrected chi connectivity index (χ4v) is 7.52. The van der Waals surface area contributed by atoms with Crippen LogP contribution in [0.25, 0.3) is 0 Å². The molecule has 176 valence electrons. The lowest BCUT2D eigenvalue weighted by Crippen LogP contribution is -2.50. The Labute approximate surface area is 217 Å². The van der Waals surface area contributed by atoms with Crippen LogP contribution in [-0.4, -0.2) is 36.6 Å². The van der Waals surface area contributed by atoms with Gasteiger partial charge in [-0.2, -0.15) is 4.31 Å².